The lowest BCUT2D eigenvalue weighted by Gasteiger charge is -2.27. The van der Waals surface area contributed by atoms with E-state index in [1.54, 1.807) is 29.4 Å². The number of aromatic amines is 1. The van der Waals surface area contributed by atoms with Gasteiger partial charge in [-0.3, -0.25) is 9.89 Å². The van der Waals surface area contributed by atoms with Crippen molar-refractivity contribution in [2.24, 2.45) is 0 Å². The Morgan fingerprint density at radius 2 is 1.96 bits per heavy atom. The molecule has 1 aliphatic heterocycles. The van der Waals surface area contributed by atoms with Gasteiger partial charge in [-0.1, -0.05) is 11.6 Å². The number of H-pyrrole nitrogens is 1. The Morgan fingerprint density at radius 3 is 2.46 bits per heavy atom. The van der Waals surface area contributed by atoms with Crippen LogP contribution in [-0.4, -0.2) is 35.3 Å². The maximum atomic E-state index is 12.6. The Bertz CT molecular complexity index is 741. The van der Waals surface area contributed by atoms with Crippen molar-refractivity contribution in [2.75, 3.05) is 18.4 Å². The van der Waals surface area contributed by atoms with Crippen LogP contribution >= 0.6 is 11.6 Å². The molecule has 1 amide bonds. The Balaban J connectivity index is 1.67. The van der Waals surface area contributed by atoms with E-state index in [0.29, 0.717) is 11.4 Å². The Morgan fingerprint density at radius 1 is 1.29 bits per heavy atom. The van der Waals surface area contributed by atoms with Gasteiger partial charge in [-0.2, -0.15) is 18.3 Å². The molecule has 2 aromatic rings. The van der Waals surface area contributed by atoms with E-state index in [0.717, 1.165) is 13.1 Å². The molecule has 24 heavy (non-hydrogen) atoms. The van der Waals surface area contributed by atoms with Crippen molar-refractivity contribution in [1.29, 1.82) is 0 Å². The molecule has 0 atom stereocenters. The van der Waals surface area contributed by atoms with E-state index in [-0.39, 0.29) is 6.10 Å². The minimum Gasteiger partial charge on any atom is -0.488 e. The highest BCUT2D eigenvalue weighted by molar-refractivity contribution is 6.34. The van der Waals surface area contributed by atoms with Crippen LogP contribution in [0.3, 0.4) is 0 Å². The average molecular weight is 361 g/mol. The molecule has 10 heteroatoms. The van der Waals surface area contributed by atoms with Crippen molar-refractivity contribution in [3.63, 3.8) is 0 Å². The lowest BCUT2D eigenvalue weighted by atomic mass is 10.2. The molecule has 1 aliphatic rings. The molecule has 1 saturated heterocycles. The topological polar surface area (TPSA) is 79.0 Å². The highest BCUT2D eigenvalue weighted by Gasteiger charge is 2.38. The summed E-state index contributed by atoms with van der Waals surface area (Å²) in [5.74, 6) is -0.208. The first-order chi connectivity index (χ1) is 11.3. The van der Waals surface area contributed by atoms with Gasteiger partial charge < -0.3 is 15.4 Å². The van der Waals surface area contributed by atoms with Gasteiger partial charge in [0.15, 0.2) is 11.4 Å². The quantitative estimate of drug-likeness (QED) is 0.783. The fourth-order valence-corrected chi connectivity index (χ4v) is 2.29. The molecule has 3 rings (SSSR count). The number of carbonyl (C=O) groups is 1. The van der Waals surface area contributed by atoms with Gasteiger partial charge >= 0.3 is 6.18 Å². The summed E-state index contributed by atoms with van der Waals surface area (Å²) in [5, 5.41) is 9.80. The van der Waals surface area contributed by atoms with E-state index in [9.17, 15) is 18.0 Å². The monoisotopic (exact) mass is 360 g/mol. The number of anilines is 1. The molecule has 3 N–H and O–H groups in total. The summed E-state index contributed by atoms with van der Waals surface area (Å²) >= 11 is 5.57. The first-order valence-electron chi connectivity index (χ1n) is 6.94. The van der Waals surface area contributed by atoms with E-state index in [2.05, 4.69) is 15.7 Å². The van der Waals surface area contributed by atoms with Crippen LogP contribution < -0.4 is 15.4 Å². The normalized spacial score (nSPS) is 15.0. The summed E-state index contributed by atoms with van der Waals surface area (Å²) < 4.78 is 43.5. The summed E-state index contributed by atoms with van der Waals surface area (Å²) in [6.45, 7) is 1.55. The molecule has 0 radical (unpaired) electrons. The molecule has 1 fully saturated rings. The smallest absolute Gasteiger partial charge is 0.434 e. The molecule has 6 nitrogen and oxygen atoms in total. The van der Waals surface area contributed by atoms with Crippen LogP contribution in [0.15, 0.2) is 24.3 Å². The predicted octanol–water partition coefficient (Wildman–Crippen LogP) is 2.68. The highest BCUT2D eigenvalue weighted by atomic mass is 35.5. The summed E-state index contributed by atoms with van der Waals surface area (Å²) in [6, 6.07) is 6.46. The summed E-state index contributed by atoms with van der Waals surface area (Å²) in [6.07, 6.45) is -4.59. The number of aromatic nitrogens is 2. The first kappa shape index (κ1) is 16.6. The third-order valence-electron chi connectivity index (χ3n) is 3.36. The van der Waals surface area contributed by atoms with Gasteiger partial charge in [0.2, 0.25) is 0 Å². The molecule has 0 unspecified atom stereocenters. The number of hydrogen-bond donors (Lipinski definition) is 3. The fourth-order valence-electron chi connectivity index (χ4n) is 2.01. The molecule has 0 spiro atoms. The number of rotatable bonds is 4. The Labute approximate surface area is 139 Å². The summed E-state index contributed by atoms with van der Waals surface area (Å²) in [5.41, 5.74) is -1.40. The van der Waals surface area contributed by atoms with E-state index in [1.165, 1.54) is 0 Å². The number of benzene rings is 1. The van der Waals surface area contributed by atoms with E-state index < -0.39 is 28.5 Å². The van der Waals surface area contributed by atoms with Crippen LogP contribution in [0.5, 0.6) is 5.75 Å². The highest BCUT2D eigenvalue weighted by Crippen LogP contribution is 2.34. The van der Waals surface area contributed by atoms with Crippen molar-refractivity contribution in [3.8, 4) is 5.75 Å². The second kappa shape index (κ2) is 6.33. The number of amides is 1. The van der Waals surface area contributed by atoms with Gasteiger partial charge in [0.05, 0.1) is 0 Å². The number of hydrogen-bond acceptors (Lipinski definition) is 4. The van der Waals surface area contributed by atoms with Crippen molar-refractivity contribution in [1.82, 2.24) is 15.5 Å². The number of carbonyl (C=O) groups excluding carboxylic acids is 1. The molecule has 1 aromatic heterocycles. The Kier molecular flexibility index (Phi) is 4.37. The third-order valence-corrected chi connectivity index (χ3v) is 3.73. The molecular formula is C14H12ClF3N4O2. The lowest BCUT2D eigenvalue weighted by molar-refractivity contribution is -0.141. The van der Waals surface area contributed by atoms with Gasteiger partial charge in [-0.05, 0) is 24.3 Å². The molecule has 128 valence electrons. The predicted molar refractivity (Wildman–Crippen MR) is 80.3 cm³/mol. The molecule has 0 bridgehead atoms. The van der Waals surface area contributed by atoms with Crippen molar-refractivity contribution in [3.05, 3.63) is 40.7 Å². The van der Waals surface area contributed by atoms with Crippen LogP contribution in [0.1, 0.15) is 16.2 Å². The zero-order valence-corrected chi connectivity index (χ0v) is 12.8. The van der Waals surface area contributed by atoms with Crippen molar-refractivity contribution < 1.29 is 22.7 Å². The summed E-state index contributed by atoms with van der Waals surface area (Å²) in [4.78, 5) is 12.0. The zero-order valence-electron chi connectivity index (χ0n) is 12.1. The molecular weight excluding hydrogens is 349 g/mol. The van der Waals surface area contributed by atoms with Gasteiger partial charge in [-0.15, -0.1) is 0 Å². The van der Waals surface area contributed by atoms with E-state index in [1.807, 2.05) is 0 Å². The number of nitrogens with one attached hydrogen (secondary N) is 3. The SMILES string of the molecule is O=C(Nc1ccc(OC2CNC2)cc1)c1n[nH]c(C(F)(F)F)c1Cl. The second-order valence-electron chi connectivity index (χ2n) is 5.14. The van der Waals surface area contributed by atoms with Crippen LogP contribution in [0.4, 0.5) is 18.9 Å². The van der Waals surface area contributed by atoms with Crippen LogP contribution in [0.25, 0.3) is 0 Å². The first-order valence-corrected chi connectivity index (χ1v) is 7.32. The van der Waals surface area contributed by atoms with Crippen molar-refractivity contribution >= 4 is 23.2 Å². The average Bonchev–Trinajstić information content (AvgIpc) is 2.86. The van der Waals surface area contributed by atoms with Crippen LogP contribution in [0.2, 0.25) is 5.02 Å². The number of alkyl halides is 3. The van der Waals surface area contributed by atoms with Gasteiger partial charge in [0.25, 0.3) is 5.91 Å². The van der Waals surface area contributed by atoms with Gasteiger partial charge in [0.1, 0.15) is 16.9 Å². The van der Waals surface area contributed by atoms with E-state index >= 15 is 0 Å². The zero-order chi connectivity index (χ0) is 17.3. The number of ether oxygens (including phenoxy) is 1. The van der Waals surface area contributed by atoms with Crippen LogP contribution in [0, 0.1) is 0 Å². The molecule has 0 saturated carbocycles. The van der Waals surface area contributed by atoms with Crippen LogP contribution in [-0.2, 0) is 6.18 Å². The van der Waals surface area contributed by atoms with Gasteiger partial charge in [-0.25, -0.2) is 0 Å². The number of nitrogens with zero attached hydrogens (tertiary/aromatic N) is 1. The van der Waals surface area contributed by atoms with Crippen molar-refractivity contribution in [2.45, 2.75) is 12.3 Å². The maximum Gasteiger partial charge on any atom is 0.434 e. The van der Waals surface area contributed by atoms with E-state index in [4.69, 9.17) is 16.3 Å². The molecule has 1 aromatic carbocycles. The lowest BCUT2D eigenvalue weighted by Crippen LogP contribution is -2.50. The largest absolute Gasteiger partial charge is 0.488 e. The molecule has 0 aliphatic carbocycles. The Hall–Kier alpha value is -2.26. The fraction of sp³-hybridized carbons (Fsp3) is 0.286. The molecule has 2 heterocycles. The third kappa shape index (κ3) is 3.46. The standard InChI is InChI=1S/C14H12ClF3N4O2/c15-10-11(21-22-12(10)14(16,17)18)13(23)20-7-1-3-8(4-2-7)24-9-5-19-6-9/h1-4,9,19H,5-6H2,(H,20,23)(H,21,22). The summed E-state index contributed by atoms with van der Waals surface area (Å²) in [7, 11) is 0. The minimum absolute atomic E-state index is 0.120. The minimum atomic E-state index is -4.71. The van der Waals surface area contributed by atoms with Gasteiger partial charge in [0, 0.05) is 18.8 Å². The maximum absolute atomic E-state index is 12.6. The number of halogens is 4. The second-order valence-corrected chi connectivity index (χ2v) is 5.51.